The maximum absolute atomic E-state index is 13.0. The zero-order chi connectivity index (χ0) is 19.4. The first-order chi connectivity index (χ1) is 13.6. The number of amides is 2. The van der Waals surface area contributed by atoms with Crippen molar-refractivity contribution in [2.75, 3.05) is 20.1 Å². The summed E-state index contributed by atoms with van der Waals surface area (Å²) >= 11 is 0. The molecule has 1 saturated heterocycles. The highest BCUT2D eigenvalue weighted by molar-refractivity contribution is 6.23. The van der Waals surface area contributed by atoms with Crippen LogP contribution in [0.25, 0.3) is 22.6 Å². The van der Waals surface area contributed by atoms with Gasteiger partial charge in [0.1, 0.15) is 5.69 Å². The van der Waals surface area contributed by atoms with Crippen molar-refractivity contribution in [3.8, 4) is 11.5 Å². The molecule has 0 unspecified atom stereocenters. The fourth-order valence-electron chi connectivity index (χ4n) is 4.24. The number of H-pyrrole nitrogens is 1. The molecule has 2 aromatic heterocycles. The molecular formula is C20H22N6O2. The van der Waals surface area contributed by atoms with Gasteiger partial charge in [-0.3, -0.25) is 14.5 Å². The number of nitrogens with zero attached hydrogens (tertiary/aromatic N) is 5. The van der Waals surface area contributed by atoms with Crippen molar-refractivity contribution < 1.29 is 9.59 Å². The Morgan fingerprint density at radius 2 is 1.86 bits per heavy atom. The number of aromatic nitrogens is 4. The van der Waals surface area contributed by atoms with E-state index < -0.39 is 0 Å². The van der Waals surface area contributed by atoms with Gasteiger partial charge in [0.2, 0.25) is 0 Å². The summed E-state index contributed by atoms with van der Waals surface area (Å²) in [7, 11) is 2.06. The van der Waals surface area contributed by atoms with Gasteiger partial charge in [0.25, 0.3) is 11.8 Å². The highest BCUT2D eigenvalue weighted by Gasteiger charge is 2.41. The Morgan fingerprint density at radius 1 is 1.14 bits per heavy atom. The van der Waals surface area contributed by atoms with Crippen LogP contribution in [-0.4, -0.2) is 67.3 Å². The third-order valence-corrected chi connectivity index (χ3v) is 5.87. The van der Waals surface area contributed by atoms with E-state index in [2.05, 4.69) is 26.9 Å². The monoisotopic (exact) mass is 378 g/mol. The maximum atomic E-state index is 13.0. The standard InChI is InChI=1S/C20H22N6O2/c1-3-25-11-21-10-17(25)18-22-15-8-13-14(9-16(15)23-18)20(28)26(19(13)27)12-4-6-24(2)7-5-12/h8-12H,3-7H2,1-2H3,(H,22,23). The van der Waals surface area contributed by atoms with Gasteiger partial charge in [0, 0.05) is 12.6 Å². The van der Waals surface area contributed by atoms with Gasteiger partial charge >= 0.3 is 0 Å². The fourth-order valence-corrected chi connectivity index (χ4v) is 4.24. The van der Waals surface area contributed by atoms with Gasteiger partial charge in [0.05, 0.1) is 34.7 Å². The molecule has 2 amide bonds. The Labute approximate surface area is 162 Å². The summed E-state index contributed by atoms with van der Waals surface area (Å²) in [5.74, 6) is 0.302. The summed E-state index contributed by atoms with van der Waals surface area (Å²) in [6.07, 6.45) is 5.16. The SMILES string of the molecule is CCn1cncc1-c1nc2cc3c(cc2[nH]1)C(=O)N(C1CCN(C)CC1)C3=O. The second-order valence-corrected chi connectivity index (χ2v) is 7.58. The molecular weight excluding hydrogens is 356 g/mol. The molecule has 4 heterocycles. The topological polar surface area (TPSA) is 87.1 Å². The van der Waals surface area contributed by atoms with E-state index in [9.17, 15) is 9.59 Å². The van der Waals surface area contributed by atoms with Crippen LogP contribution >= 0.6 is 0 Å². The maximum Gasteiger partial charge on any atom is 0.261 e. The van der Waals surface area contributed by atoms with Crippen molar-refractivity contribution in [3.63, 3.8) is 0 Å². The Hall–Kier alpha value is -3.00. The second kappa shape index (κ2) is 6.27. The largest absolute Gasteiger partial charge is 0.337 e. The first-order valence-corrected chi connectivity index (χ1v) is 9.67. The van der Waals surface area contributed by atoms with E-state index in [1.54, 1.807) is 24.7 Å². The van der Waals surface area contributed by atoms with Gasteiger partial charge in [-0.1, -0.05) is 0 Å². The van der Waals surface area contributed by atoms with Crippen LogP contribution in [0.2, 0.25) is 0 Å². The van der Waals surface area contributed by atoms with Gasteiger partial charge in [0.15, 0.2) is 5.82 Å². The normalized spacial score (nSPS) is 18.4. The third kappa shape index (κ3) is 2.48. The highest BCUT2D eigenvalue weighted by atomic mass is 16.2. The minimum atomic E-state index is -0.195. The molecule has 0 atom stereocenters. The van der Waals surface area contributed by atoms with Crippen LogP contribution in [0.1, 0.15) is 40.5 Å². The number of aryl methyl sites for hydroxylation is 1. The molecule has 3 aromatic rings. The molecule has 0 spiro atoms. The van der Waals surface area contributed by atoms with E-state index in [4.69, 9.17) is 0 Å². The van der Waals surface area contributed by atoms with Gasteiger partial charge in [-0.05, 0) is 52.0 Å². The second-order valence-electron chi connectivity index (χ2n) is 7.58. The van der Waals surface area contributed by atoms with Gasteiger partial charge in [-0.2, -0.15) is 0 Å². The molecule has 8 nitrogen and oxygen atoms in total. The third-order valence-electron chi connectivity index (χ3n) is 5.87. The van der Waals surface area contributed by atoms with Crippen molar-refractivity contribution in [1.82, 2.24) is 29.3 Å². The molecule has 1 aromatic carbocycles. The van der Waals surface area contributed by atoms with Gasteiger partial charge < -0.3 is 14.5 Å². The quantitative estimate of drug-likeness (QED) is 0.706. The molecule has 0 saturated carbocycles. The Kier molecular flexibility index (Phi) is 3.83. The number of carbonyl (C=O) groups excluding carboxylic acids is 2. The van der Waals surface area contributed by atoms with Crippen molar-refractivity contribution in [3.05, 3.63) is 35.8 Å². The summed E-state index contributed by atoms with van der Waals surface area (Å²) in [6, 6.07) is 3.49. The number of hydrogen-bond donors (Lipinski definition) is 1. The number of rotatable bonds is 3. The molecule has 0 aliphatic carbocycles. The lowest BCUT2D eigenvalue weighted by molar-refractivity contribution is 0.0516. The summed E-state index contributed by atoms with van der Waals surface area (Å²) in [4.78, 5) is 41.8. The van der Waals surface area contributed by atoms with Crippen molar-refractivity contribution in [1.29, 1.82) is 0 Å². The molecule has 8 heteroatoms. The van der Waals surface area contributed by atoms with Crippen LogP contribution in [0, 0.1) is 0 Å². The molecule has 1 N–H and O–H groups in total. The van der Waals surface area contributed by atoms with Crippen LogP contribution in [0.3, 0.4) is 0 Å². The van der Waals surface area contributed by atoms with E-state index in [-0.39, 0.29) is 17.9 Å². The lowest BCUT2D eigenvalue weighted by atomic mass is 10.0. The summed E-state index contributed by atoms with van der Waals surface area (Å²) in [5.41, 5.74) is 3.24. The minimum absolute atomic E-state index is 0.0237. The molecule has 144 valence electrons. The number of carbonyl (C=O) groups is 2. The van der Waals surface area contributed by atoms with Crippen molar-refractivity contribution in [2.24, 2.45) is 0 Å². The Bertz CT molecular complexity index is 1040. The van der Waals surface area contributed by atoms with Crippen LogP contribution in [0.15, 0.2) is 24.7 Å². The number of fused-ring (bicyclic) bond motifs is 2. The summed E-state index contributed by atoms with van der Waals surface area (Å²) in [6.45, 7) is 4.62. The van der Waals surface area contributed by atoms with Crippen molar-refractivity contribution >= 4 is 22.8 Å². The number of hydrogen-bond acceptors (Lipinski definition) is 5. The lowest BCUT2D eigenvalue weighted by Gasteiger charge is -2.33. The van der Waals surface area contributed by atoms with Crippen LogP contribution in [0.4, 0.5) is 0 Å². The van der Waals surface area contributed by atoms with Crippen molar-refractivity contribution in [2.45, 2.75) is 32.4 Å². The Morgan fingerprint density at radius 3 is 2.57 bits per heavy atom. The molecule has 5 rings (SSSR count). The van der Waals surface area contributed by atoms with E-state index >= 15 is 0 Å². The van der Waals surface area contributed by atoms with Crippen LogP contribution in [-0.2, 0) is 6.54 Å². The number of nitrogens with one attached hydrogen (secondary N) is 1. The number of likely N-dealkylation sites (tertiary alicyclic amines) is 1. The van der Waals surface area contributed by atoms with Crippen LogP contribution < -0.4 is 0 Å². The summed E-state index contributed by atoms with van der Waals surface area (Å²) < 4.78 is 1.99. The number of imidazole rings is 2. The fraction of sp³-hybridized carbons (Fsp3) is 0.400. The zero-order valence-electron chi connectivity index (χ0n) is 16.0. The molecule has 0 bridgehead atoms. The molecule has 1 fully saturated rings. The van der Waals surface area contributed by atoms with Crippen LogP contribution in [0.5, 0.6) is 0 Å². The minimum Gasteiger partial charge on any atom is -0.337 e. The molecule has 2 aliphatic rings. The number of imide groups is 1. The van der Waals surface area contributed by atoms with E-state index in [1.807, 2.05) is 11.5 Å². The summed E-state index contributed by atoms with van der Waals surface area (Å²) in [5, 5.41) is 0. The smallest absolute Gasteiger partial charge is 0.261 e. The first kappa shape index (κ1) is 17.1. The van der Waals surface area contributed by atoms with Gasteiger partial charge in [-0.25, -0.2) is 9.97 Å². The molecule has 2 aliphatic heterocycles. The molecule has 28 heavy (non-hydrogen) atoms. The van der Waals surface area contributed by atoms with Gasteiger partial charge in [-0.15, -0.1) is 0 Å². The Balaban J connectivity index is 1.52. The number of benzene rings is 1. The lowest BCUT2D eigenvalue weighted by Crippen LogP contribution is -2.46. The zero-order valence-corrected chi connectivity index (χ0v) is 16.0. The predicted octanol–water partition coefficient (Wildman–Crippen LogP) is 2.14. The first-order valence-electron chi connectivity index (χ1n) is 9.67. The number of aromatic amines is 1. The average molecular weight is 378 g/mol. The molecule has 0 radical (unpaired) electrons. The highest BCUT2D eigenvalue weighted by Crippen LogP contribution is 2.32. The predicted molar refractivity (Wildman–Crippen MR) is 104 cm³/mol. The number of piperidine rings is 1. The van der Waals surface area contributed by atoms with E-state index in [1.165, 1.54) is 4.90 Å². The van der Waals surface area contributed by atoms with E-state index in [0.29, 0.717) is 22.5 Å². The van der Waals surface area contributed by atoms with E-state index in [0.717, 1.165) is 43.7 Å². The average Bonchev–Trinajstić information content (AvgIpc) is 3.38.